The molecule has 0 aliphatic carbocycles. The summed E-state index contributed by atoms with van der Waals surface area (Å²) in [4.78, 5) is 33.8. The van der Waals surface area contributed by atoms with Crippen LogP contribution in [-0.4, -0.2) is 63.1 Å². The maximum absolute atomic E-state index is 13.3. The molecule has 0 saturated carbocycles. The number of carbonyl (C=O) groups is 2. The minimum Gasteiger partial charge on any atom is -0.344 e. The van der Waals surface area contributed by atoms with E-state index in [2.05, 4.69) is 10.1 Å². The summed E-state index contributed by atoms with van der Waals surface area (Å²) in [6.45, 7) is 1.20. The summed E-state index contributed by atoms with van der Waals surface area (Å²) in [7, 11) is 3.51. The molecule has 7 nitrogen and oxygen atoms in total. The summed E-state index contributed by atoms with van der Waals surface area (Å²) >= 11 is 0. The Bertz CT molecular complexity index is 1080. The van der Waals surface area contributed by atoms with Crippen molar-refractivity contribution in [3.8, 4) is 11.3 Å². The van der Waals surface area contributed by atoms with E-state index in [1.165, 1.54) is 12.1 Å². The molecular formula is C23H24FN5O2. The van der Waals surface area contributed by atoms with Crippen LogP contribution in [0.4, 0.5) is 4.39 Å². The number of carbonyl (C=O) groups excluding carboxylic acids is 2. The topological polar surface area (TPSA) is 71.3 Å². The minimum atomic E-state index is -0.369. The third kappa shape index (κ3) is 4.47. The van der Waals surface area contributed by atoms with Crippen molar-refractivity contribution >= 4 is 11.8 Å². The van der Waals surface area contributed by atoms with Gasteiger partial charge in [-0.1, -0.05) is 6.07 Å². The molecule has 1 saturated heterocycles. The van der Waals surface area contributed by atoms with Crippen LogP contribution in [0.25, 0.3) is 11.3 Å². The molecule has 8 heteroatoms. The van der Waals surface area contributed by atoms with E-state index in [0.29, 0.717) is 31.7 Å². The van der Waals surface area contributed by atoms with Gasteiger partial charge >= 0.3 is 0 Å². The van der Waals surface area contributed by atoms with Gasteiger partial charge in [0, 0.05) is 52.0 Å². The van der Waals surface area contributed by atoms with Crippen molar-refractivity contribution in [1.29, 1.82) is 0 Å². The van der Waals surface area contributed by atoms with Gasteiger partial charge in [-0.05, 0) is 48.0 Å². The van der Waals surface area contributed by atoms with E-state index in [0.717, 1.165) is 17.0 Å². The van der Waals surface area contributed by atoms with Gasteiger partial charge in [-0.15, -0.1) is 0 Å². The number of hydrogen-bond acceptors (Lipinski definition) is 4. The van der Waals surface area contributed by atoms with E-state index in [4.69, 9.17) is 0 Å². The third-order valence-corrected chi connectivity index (χ3v) is 5.58. The first-order chi connectivity index (χ1) is 14.9. The standard InChI is InChI=1S/C23H24FN5O2/c1-27-11-12-29(15-17(22(27)30)13-19-5-3-4-10-25-19)23(31)20-14-21(28(2)26-20)16-6-8-18(24)9-7-16/h3-10,14,17H,11-13,15H2,1-2H3/t17-/m1/s1. The Kier molecular flexibility index (Phi) is 5.79. The molecule has 1 aliphatic heterocycles. The largest absolute Gasteiger partial charge is 0.344 e. The molecule has 0 bridgehead atoms. The van der Waals surface area contributed by atoms with Gasteiger partial charge in [-0.25, -0.2) is 4.39 Å². The van der Waals surface area contributed by atoms with Crippen molar-refractivity contribution in [2.45, 2.75) is 6.42 Å². The van der Waals surface area contributed by atoms with Gasteiger partial charge in [0.05, 0.1) is 11.6 Å². The number of amides is 2. The molecule has 0 unspecified atom stereocenters. The summed E-state index contributed by atoms with van der Waals surface area (Å²) in [6.07, 6.45) is 2.17. The number of hydrogen-bond donors (Lipinski definition) is 0. The summed E-state index contributed by atoms with van der Waals surface area (Å²) in [5.41, 5.74) is 2.61. The monoisotopic (exact) mass is 421 g/mol. The SMILES string of the molecule is CN1CCN(C(=O)c2cc(-c3ccc(F)cc3)n(C)n2)C[C@@H](Cc2ccccn2)C1=O. The van der Waals surface area contributed by atoms with E-state index < -0.39 is 0 Å². The molecule has 0 N–H and O–H groups in total. The van der Waals surface area contributed by atoms with Crippen LogP contribution in [0.3, 0.4) is 0 Å². The van der Waals surface area contributed by atoms with Crippen molar-refractivity contribution in [3.63, 3.8) is 0 Å². The lowest BCUT2D eigenvalue weighted by Crippen LogP contribution is -2.37. The molecular weight excluding hydrogens is 397 g/mol. The Morgan fingerprint density at radius 3 is 2.61 bits per heavy atom. The van der Waals surface area contributed by atoms with Crippen LogP contribution in [0.5, 0.6) is 0 Å². The molecule has 3 heterocycles. The number of pyridine rings is 1. The van der Waals surface area contributed by atoms with E-state index in [1.54, 1.807) is 53.0 Å². The number of halogens is 1. The second kappa shape index (κ2) is 8.67. The molecule has 160 valence electrons. The second-order valence-corrected chi connectivity index (χ2v) is 7.78. The fourth-order valence-corrected chi connectivity index (χ4v) is 3.86. The smallest absolute Gasteiger partial charge is 0.274 e. The molecule has 1 fully saturated rings. The zero-order valence-electron chi connectivity index (χ0n) is 17.5. The lowest BCUT2D eigenvalue weighted by Gasteiger charge is -2.22. The van der Waals surface area contributed by atoms with Crippen LogP contribution in [-0.2, 0) is 18.3 Å². The van der Waals surface area contributed by atoms with Crippen LogP contribution in [0.1, 0.15) is 16.2 Å². The van der Waals surface area contributed by atoms with Gasteiger partial charge in [0.15, 0.2) is 5.69 Å². The minimum absolute atomic E-state index is 0.00831. The number of aromatic nitrogens is 3. The maximum Gasteiger partial charge on any atom is 0.274 e. The number of likely N-dealkylation sites (N-methyl/N-ethyl adjacent to an activating group) is 1. The Hall–Kier alpha value is -3.55. The van der Waals surface area contributed by atoms with E-state index in [1.807, 2.05) is 18.2 Å². The Morgan fingerprint density at radius 2 is 1.90 bits per heavy atom. The highest BCUT2D eigenvalue weighted by atomic mass is 19.1. The number of nitrogens with zero attached hydrogens (tertiary/aromatic N) is 5. The van der Waals surface area contributed by atoms with E-state index in [-0.39, 0.29) is 23.5 Å². The second-order valence-electron chi connectivity index (χ2n) is 7.78. The number of benzene rings is 1. The Morgan fingerprint density at radius 1 is 1.13 bits per heavy atom. The van der Waals surface area contributed by atoms with Crippen molar-refractivity contribution in [2.75, 3.05) is 26.7 Å². The first-order valence-corrected chi connectivity index (χ1v) is 10.2. The highest BCUT2D eigenvalue weighted by Gasteiger charge is 2.32. The average Bonchev–Trinajstić information content (AvgIpc) is 3.11. The third-order valence-electron chi connectivity index (χ3n) is 5.58. The summed E-state index contributed by atoms with van der Waals surface area (Å²) in [5.74, 6) is -0.904. The fraction of sp³-hybridized carbons (Fsp3) is 0.304. The summed E-state index contributed by atoms with van der Waals surface area (Å²) in [5, 5.41) is 4.38. The summed E-state index contributed by atoms with van der Waals surface area (Å²) in [6, 6.07) is 13.4. The van der Waals surface area contributed by atoms with Gasteiger partial charge in [0.25, 0.3) is 5.91 Å². The normalized spacial score (nSPS) is 17.0. The van der Waals surface area contributed by atoms with Gasteiger partial charge in [0.2, 0.25) is 5.91 Å². The first kappa shape index (κ1) is 20.7. The summed E-state index contributed by atoms with van der Waals surface area (Å²) < 4.78 is 14.9. The molecule has 2 aromatic heterocycles. The predicted octanol–water partition coefficient (Wildman–Crippen LogP) is 2.39. The molecule has 0 radical (unpaired) electrons. The molecule has 3 aromatic rings. The molecule has 31 heavy (non-hydrogen) atoms. The van der Waals surface area contributed by atoms with Gasteiger partial charge in [-0.2, -0.15) is 5.10 Å². The molecule has 1 atom stereocenters. The zero-order chi connectivity index (χ0) is 22.0. The highest BCUT2D eigenvalue weighted by Crippen LogP contribution is 2.22. The molecule has 2 amide bonds. The van der Waals surface area contributed by atoms with Crippen LogP contribution in [0, 0.1) is 11.7 Å². The molecule has 0 spiro atoms. The predicted molar refractivity (Wildman–Crippen MR) is 114 cm³/mol. The van der Waals surface area contributed by atoms with E-state index >= 15 is 0 Å². The quantitative estimate of drug-likeness (QED) is 0.649. The highest BCUT2D eigenvalue weighted by molar-refractivity contribution is 5.94. The van der Waals surface area contributed by atoms with Crippen molar-refractivity contribution in [2.24, 2.45) is 13.0 Å². The van der Waals surface area contributed by atoms with Crippen molar-refractivity contribution in [1.82, 2.24) is 24.6 Å². The Balaban J connectivity index is 1.56. The fourth-order valence-electron chi connectivity index (χ4n) is 3.86. The van der Waals surface area contributed by atoms with Crippen LogP contribution >= 0.6 is 0 Å². The van der Waals surface area contributed by atoms with Gasteiger partial charge in [-0.3, -0.25) is 19.3 Å². The van der Waals surface area contributed by atoms with Crippen molar-refractivity contribution in [3.05, 3.63) is 71.9 Å². The van der Waals surface area contributed by atoms with Gasteiger partial charge in [0.1, 0.15) is 5.82 Å². The van der Waals surface area contributed by atoms with E-state index in [9.17, 15) is 14.0 Å². The van der Waals surface area contributed by atoms with Gasteiger partial charge < -0.3 is 9.80 Å². The number of aryl methyl sites for hydroxylation is 1. The lowest BCUT2D eigenvalue weighted by atomic mass is 10.0. The first-order valence-electron chi connectivity index (χ1n) is 10.2. The lowest BCUT2D eigenvalue weighted by molar-refractivity contribution is -0.133. The zero-order valence-corrected chi connectivity index (χ0v) is 17.5. The van der Waals surface area contributed by atoms with Crippen LogP contribution < -0.4 is 0 Å². The molecule has 1 aromatic carbocycles. The number of rotatable bonds is 4. The van der Waals surface area contributed by atoms with Crippen molar-refractivity contribution < 1.29 is 14.0 Å². The molecule has 4 rings (SSSR count). The maximum atomic E-state index is 13.3. The van der Waals surface area contributed by atoms with Crippen LogP contribution in [0.15, 0.2) is 54.7 Å². The average molecular weight is 421 g/mol. The molecule has 1 aliphatic rings. The Labute approximate surface area is 180 Å². The van der Waals surface area contributed by atoms with Crippen LogP contribution in [0.2, 0.25) is 0 Å².